The lowest BCUT2D eigenvalue weighted by Gasteiger charge is -2.06. The Morgan fingerprint density at radius 2 is 1.90 bits per heavy atom. The maximum atomic E-state index is 13.5. The highest BCUT2D eigenvalue weighted by molar-refractivity contribution is 5.93. The predicted molar refractivity (Wildman–Crippen MR) is 73.8 cm³/mol. The summed E-state index contributed by atoms with van der Waals surface area (Å²) in [5, 5.41) is 0.823. The number of rotatable bonds is 1. The first kappa shape index (κ1) is 11.2. The van der Waals surface area contributed by atoms with Crippen LogP contribution in [0.3, 0.4) is 0 Å². The van der Waals surface area contributed by atoms with Crippen LogP contribution in [0.15, 0.2) is 42.6 Å². The second kappa shape index (κ2) is 3.90. The molecule has 0 amide bonds. The average Bonchev–Trinajstić information content (AvgIpc) is 3.02. The van der Waals surface area contributed by atoms with Gasteiger partial charge in [0.25, 0.3) is 0 Å². The first-order chi connectivity index (χ1) is 9.72. The van der Waals surface area contributed by atoms with Crippen LogP contribution >= 0.6 is 0 Å². The second-order valence-corrected chi connectivity index (χ2v) is 4.65. The third-order valence-corrected chi connectivity index (χ3v) is 3.43. The molecular formula is C15H11FN2O2. The van der Waals surface area contributed by atoms with Gasteiger partial charge in [0.05, 0.1) is 11.2 Å². The van der Waals surface area contributed by atoms with E-state index in [9.17, 15) is 4.39 Å². The maximum absolute atomic E-state index is 13.5. The molecule has 1 aromatic heterocycles. The molecule has 1 aliphatic rings. The number of aromatic nitrogens is 1. The van der Waals surface area contributed by atoms with Gasteiger partial charge in [-0.2, -0.15) is 0 Å². The van der Waals surface area contributed by atoms with E-state index in [1.165, 1.54) is 12.1 Å². The quantitative estimate of drug-likeness (QED) is 0.739. The summed E-state index contributed by atoms with van der Waals surface area (Å²) >= 11 is 0. The van der Waals surface area contributed by atoms with E-state index in [0.29, 0.717) is 17.2 Å². The minimum Gasteiger partial charge on any atom is -0.454 e. The number of halogens is 1. The molecule has 0 bridgehead atoms. The van der Waals surface area contributed by atoms with Crippen molar-refractivity contribution in [3.8, 4) is 17.2 Å². The molecule has 4 nitrogen and oxygen atoms in total. The Labute approximate surface area is 114 Å². The zero-order valence-corrected chi connectivity index (χ0v) is 10.5. The molecule has 0 spiro atoms. The van der Waals surface area contributed by atoms with E-state index in [1.807, 2.05) is 22.8 Å². The van der Waals surface area contributed by atoms with Crippen LogP contribution < -0.4 is 15.2 Å². The summed E-state index contributed by atoms with van der Waals surface area (Å²) in [5.41, 5.74) is 8.16. The van der Waals surface area contributed by atoms with Crippen molar-refractivity contribution in [1.29, 1.82) is 0 Å². The fourth-order valence-electron chi connectivity index (χ4n) is 2.48. The van der Waals surface area contributed by atoms with Crippen molar-refractivity contribution in [2.75, 3.05) is 12.5 Å². The molecule has 3 aromatic rings. The van der Waals surface area contributed by atoms with Crippen LogP contribution in [0.25, 0.3) is 16.6 Å². The Kier molecular flexibility index (Phi) is 2.18. The molecule has 0 fully saturated rings. The fraction of sp³-hybridized carbons (Fsp3) is 0.0667. The number of hydrogen-bond donors (Lipinski definition) is 1. The van der Waals surface area contributed by atoms with Gasteiger partial charge in [0.1, 0.15) is 5.82 Å². The number of benzene rings is 2. The molecule has 20 heavy (non-hydrogen) atoms. The molecule has 1 aliphatic heterocycles. The summed E-state index contributed by atoms with van der Waals surface area (Å²) in [6.07, 6.45) is 1.78. The van der Waals surface area contributed by atoms with Crippen molar-refractivity contribution >= 4 is 16.6 Å². The minimum atomic E-state index is -0.294. The Balaban J connectivity index is 1.96. The number of nitrogens with zero attached hydrogens (tertiary/aromatic N) is 1. The zero-order chi connectivity index (χ0) is 13.7. The maximum Gasteiger partial charge on any atom is 0.231 e. The van der Waals surface area contributed by atoms with Gasteiger partial charge in [-0.1, -0.05) is 0 Å². The van der Waals surface area contributed by atoms with Gasteiger partial charge in [0, 0.05) is 23.3 Å². The van der Waals surface area contributed by atoms with Crippen molar-refractivity contribution in [3.63, 3.8) is 0 Å². The molecule has 0 aliphatic carbocycles. The summed E-state index contributed by atoms with van der Waals surface area (Å²) in [4.78, 5) is 0. The van der Waals surface area contributed by atoms with Gasteiger partial charge in [-0.05, 0) is 30.3 Å². The molecule has 2 heterocycles. The molecule has 0 radical (unpaired) electrons. The zero-order valence-electron chi connectivity index (χ0n) is 10.5. The van der Waals surface area contributed by atoms with Crippen LogP contribution in [0.2, 0.25) is 0 Å². The van der Waals surface area contributed by atoms with Gasteiger partial charge < -0.3 is 19.8 Å². The van der Waals surface area contributed by atoms with Gasteiger partial charge in [-0.25, -0.2) is 4.39 Å². The molecular weight excluding hydrogens is 259 g/mol. The summed E-state index contributed by atoms with van der Waals surface area (Å²) < 4.78 is 26.0. The number of fused-ring (bicyclic) bond motifs is 2. The lowest BCUT2D eigenvalue weighted by atomic mass is 10.2. The molecule has 0 saturated heterocycles. The summed E-state index contributed by atoms with van der Waals surface area (Å²) in [6.45, 7) is 0.224. The number of nitrogens with two attached hydrogens (primary N) is 1. The van der Waals surface area contributed by atoms with Crippen molar-refractivity contribution in [2.24, 2.45) is 0 Å². The highest BCUT2D eigenvalue weighted by Crippen LogP contribution is 2.35. The van der Waals surface area contributed by atoms with E-state index < -0.39 is 0 Å². The van der Waals surface area contributed by atoms with Crippen LogP contribution in [-0.2, 0) is 0 Å². The van der Waals surface area contributed by atoms with Crippen LogP contribution in [0.5, 0.6) is 11.5 Å². The average molecular weight is 270 g/mol. The van der Waals surface area contributed by atoms with Crippen molar-refractivity contribution in [3.05, 3.63) is 48.4 Å². The number of nitrogen functional groups attached to an aromatic ring is 1. The fourth-order valence-corrected chi connectivity index (χ4v) is 2.48. The Hall–Kier alpha value is -2.69. The lowest BCUT2D eigenvalue weighted by molar-refractivity contribution is 0.174. The molecule has 0 atom stereocenters. The molecule has 2 aromatic carbocycles. The highest BCUT2D eigenvalue weighted by Gasteiger charge is 2.15. The molecule has 4 rings (SSSR count). The van der Waals surface area contributed by atoms with Crippen LogP contribution in [-0.4, -0.2) is 11.4 Å². The molecule has 100 valence electrons. The van der Waals surface area contributed by atoms with Crippen molar-refractivity contribution in [2.45, 2.75) is 0 Å². The summed E-state index contributed by atoms with van der Waals surface area (Å²) in [7, 11) is 0. The third-order valence-electron chi connectivity index (χ3n) is 3.43. The minimum absolute atomic E-state index is 0.224. The number of ether oxygens (including phenoxy) is 2. The van der Waals surface area contributed by atoms with Gasteiger partial charge in [-0.3, -0.25) is 0 Å². The number of anilines is 1. The Bertz CT molecular complexity index is 826. The van der Waals surface area contributed by atoms with Crippen molar-refractivity contribution in [1.82, 2.24) is 4.57 Å². The summed E-state index contributed by atoms with van der Waals surface area (Å²) in [6, 6.07) is 10.1. The van der Waals surface area contributed by atoms with Gasteiger partial charge in [0.15, 0.2) is 11.5 Å². The number of hydrogen-bond acceptors (Lipinski definition) is 3. The van der Waals surface area contributed by atoms with E-state index in [4.69, 9.17) is 15.2 Å². The first-order valence-corrected chi connectivity index (χ1v) is 6.18. The van der Waals surface area contributed by atoms with Gasteiger partial charge >= 0.3 is 0 Å². The van der Waals surface area contributed by atoms with Gasteiger partial charge in [0.2, 0.25) is 6.79 Å². The Morgan fingerprint density at radius 3 is 2.80 bits per heavy atom. The largest absolute Gasteiger partial charge is 0.454 e. The van der Waals surface area contributed by atoms with Gasteiger partial charge in [-0.15, -0.1) is 0 Å². The monoisotopic (exact) mass is 270 g/mol. The molecule has 2 N–H and O–H groups in total. The molecule has 0 saturated carbocycles. The first-order valence-electron chi connectivity index (χ1n) is 6.18. The topological polar surface area (TPSA) is 49.4 Å². The third kappa shape index (κ3) is 1.53. The normalized spacial score (nSPS) is 13.1. The van der Waals surface area contributed by atoms with Crippen LogP contribution in [0.4, 0.5) is 10.1 Å². The highest BCUT2D eigenvalue weighted by atomic mass is 19.1. The summed E-state index contributed by atoms with van der Waals surface area (Å²) in [5.74, 6) is 1.10. The predicted octanol–water partition coefficient (Wildman–Crippen LogP) is 3.08. The second-order valence-electron chi connectivity index (χ2n) is 4.65. The van der Waals surface area contributed by atoms with E-state index in [2.05, 4.69) is 0 Å². The lowest BCUT2D eigenvalue weighted by Crippen LogP contribution is -1.93. The van der Waals surface area contributed by atoms with E-state index in [1.54, 1.807) is 12.3 Å². The SMILES string of the molecule is Nc1cn(-c2ccc3c(c2)OCO3)c2cc(F)ccc12. The smallest absolute Gasteiger partial charge is 0.231 e. The standard InChI is InChI=1S/C15H11FN2O2/c16-9-1-3-11-12(17)7-18(13(11)5-9)10-2-4-14-15(6-10)20-8-19-14/h1-7H,8,17H2. The van der Waals surface area contributed by atoms with E-state index in [-0.39, 0.29) is 12.6 Å². The Morgan fingerprint density at radius 1 is 1.05 bits per heavy atom. The van der Waals surface area contributed by atoms with E-state index >= 15 is 0 Å². The van der Waals surface area contributed by atoms with Crippen LogP contribution in [0.1, 0.15) is 0 Å². The van der Waals surface area contributed by atoms with E-state index in [0.717, 1.165) is 16.6 Å². The molecule has 5 heteroatoms. The molecule has 0 unspecified atom stereocenters. The van der Waals surface area contributed by atoms with Crippen LogP contribution in [0, 0.1) is 5.82 Å². The van der Waals surface area contributed by atoms with Crippen molar-refractivity contribution < 1.29 is 13.9 Å².